The number of hydrogen-bond acceptors (Lipinski definition) is 3. The number of hydrogen-bond donors (Lipinski definition) is 1. The molecule has 1 N–H and O–H groups in total. The van der Waals surface area contributed by atoms with Gasteiger partial charge in [-0.1, -0.05) is 58.8 Å². The zero-order chi connectivity index (χ0) is 13.8. The summed E-state index contributed by atoms with van der Waals surface area (Å²) >= 11 is 0. The number of rotatable bonds is 11. The lowest BCUT2D eigenvalue weighted by Crippen LogP contribution is -2.21. The first kappa shape index (κ1) is 17.4. The van der Waals surface area contributed by atoms with Gasteiger partial charge < -0.3 is 9.84 Å². The molecule has 0 bridgehead atoms. The number of carbonyl (C=O) groups excluding carboxylic acids is 1. The second kappa shape index (κ2) is 11.5. The predicted molar refractivity (Wildman–Crippen MR) is 74.4 cm³/mol. The van der Waals surface area contributed by atoms with E-state index in [1.165, 1.54) is 45.6 Å². The quantitative estimate of drug-likeness (QED) is 0.454. The molecule has 0 saturated heterocycles. The first-order valence-electron chi connectivity index (χ1n) is 7.36. The van der Waals surface area contributed by atoms with Crippen LogP contribution in [0.1, 0.15) is 71.6 Å². The fraction of sp³-hybridized carbons (Fsp3) is 0.933. The van der Waals surface area contributed by atoms with Crippen LogP contribution in [0, 0.1) is 5.92 Å². The maximum absolute atomic E-state index is 11.1. The molecule has 0 spiro atoms. The van der Waals surface area contributed by atoms with E-state index >= 15 is 0 Å². The lowest BCUT2D eigenvalue weighted by Gasteiger charge is -2.17. The molecule has 2 atom stereocenters. The molecular formula is C15H30O3. The Morgan fingerprint density at radius 3 is 2.22 bits per heavy atom. The Morgan fingerprint density at radius 1 is 1.11 bits per heavy atom. The van der Waals surface area contributed by atoms with Crippen LogP contribution in [0.2, 0.25) is 0 Å². The van der Waals surface area contributed by atoms with Gasteiger partial charge in [-0.2, -0.15) is 0 Å². The van der Waals surface area contributed by atoms with Crippen molar-refractivity contribution in [3.63, 3.8) is 0 Å². The van der Waals surface area contributed by atoms with Crippen LogP contribution in [0.15, 0.2) is 0 Å². The molecule has 0 saturated carbocycles. The van der Waals surface area contributed by atoms with Crippen LogP contribution in [-0.2, 0) is 9.53 Å². The van der Waals surface area contributed by atoms with Gasteiger partial charge in [0.15, 0.2) is 0 Å². The van der Waals surface area contributed by atoms with E-state index in [0.29, 0.717) is 6.42 Å². The molecule has 2 unspecified atom stereocenters. The molecule has 0 aliphatic carbocycles. The maximum atomic E-state index is 11.1. The molecule has 0 heterocycles. The average Bonchev–Trinajstić information content (AvgIpc) is 2.37. The van der Waals surface area contributed by atoms with Crippen molar-refractivity contribution in [2.45, 2.75) is 77.7 Å². The summed E-state index contributed by atoms with van der Waals surface area (Å²) in [6.07, 6.45) is 9.49. The van der Waals surface area contributed by atoms with Gasteiger partial charge in [-0.3, -0.25) is 4.79 Å². The van der Waals surface area contributed by atoms with E-state index in [2.05, 4.69) is 11.7 Å². The first-order chi connectivity index (χ1) is 8.61. The number of carbonyl (C=O) groups is 1. The molecule has 0 radical (unpaired) electrons. The highest BCUT2D eigenvalue weighted by Gasteiger charge is 2.17. The number of aliphatic hydroxyl groups is 1. The summed E-state index contributed by atoms with van der Waals surface area (Å²) in [6.45, 7) is 4.13. The van der Waals surface area contributed by atoms with Gasteiger partial charge in [0.05, 0.1) is 19.6 Å². The smallest absolute Gasteiger partial charge is 0.305 e. The van der Waals surface area contributed by atoms with Crippen molar-refractivity contribution in [3.05, 3.63) is 0 Å². The molecule has 0 amide bonds. The molecule has 3 heteroatoms. The zero-order valence-corrected chi connectivity index (χ0v) is 12.3. The summed E-state index contributed by atoms with van der Waals surface area (Å²) in [5, 5.41) is 9.90. The highest BCUT2D eigenvalue weighted by molar-refractivity contribution is 5.69. The van der Waals surface area contributed by atoms with Crippen LogP contribution >= 0.6 is 0 Å². The van der Waals surface area contributed by atoms with E-state index in [1.807, 2.05) is 6.92 Å². The summed E-state index contributed by atoms with van der Waals surface area (Å²) in [4.78, 5) is 11.1. The highest BCUT2D eigenvalue weighted by Crippen LogP contribution is 2.16. The van der Waals surface area contributed by atoms with Gasteiger partial charge in [0.1, 0.15) is 0 Å². The first-order valence-corrected chi connectivity index (χ1v) is 7.36. The Morgan fingerprint density at radius 2 is 1.67 bits per heavy atom. The Labute approximate surface area is 112 Å². The van der Waals surface area contributed by atoms with Crippen LogP contribution in [0.3, 0.4) is 0 Å². The number of methoxy groups -OCH3 is 1. The molecule has 0 aromatic heterocycles. The summed E-state index contributed by atoms with van der Waals surface area (Å²) in [6, 6.07) is 0. The summed E-state index contributed by atoms with van der Waals surface area (Å²) in [5.74, 6) is -0.237. The monoisotopic (exact) mass is 258 g/mol. The Balaban J connectivity index is 3.46. The molecule has 0 fully saturated rings. The third-order valence-electron chi connectivity index (χ3n) is 3.48. The Kier molecular flexibility index (Phi) is 11.2. The van der Waals surface area contributed by atoms with Crippen molar-refractivity contribution in [3.8, 4) is 0 Å². The molecule has 0 aromatic carbocycles. The van der Waals surface area contributed by atoms with E-state index in [9.17, 15) is 9.90 Å². The van der Waals surface area contributed by atoms with Crippen molar-refractivity contribution in [2.24, 2.45) is 5.92 Å². The SMILES string of the molecule is CCCCCCCCCC(O)C(C)CC(=O)OC. The summed E-state index contributed by atoms with van der Waals surface area (Å²) < 4.78 is 4.60. The Bertz CT molecular complexity index is 204. The van der Waals surface area contributed by atoms with Gasteiger partial charge in [-0.25, -0.2) is 0 Å². The number of aliphatic hydroxyl groups excluding tert-OH is 1. The van der Waals surface area contributed by atoms with E-state index < -0.39 is 0 Å². The minimum atomic E-state index is -0.375. The molecule has 0 aliphatic heterocycles. The van der Waals surface area contributed by atoms with Crippen LogP contribution in [-0.4, -0.2) is 24.3 Å². The molecule has 108 valence electrons. The number of unbranched alkanes of at least 4 members (excludes halogenated alkanes) is 6. The zero-order valence-electron chi connectivity index (χ0n) is 12.3. The third kappa shape index (κ3) is 9.46. The van der Waals surface area contributed by atoms with Gasteiger partial charge in [-0.15, -0.1) is 0 Å². The minimum absolute atomic E-state index is 0.00228. The third-order valence-corrected chi connectivity index (χ3v) is 3.48. The lowest BCUT2D eigenvalue weighted by molar-refractivity contribution is -0.142. The average molecular weight is 258 g/mol. The van der Waals surface area contributed by atoms with Crippen molar-refractivity contribution >= 4 is 5.97 Å². The van der Waals surface area contributed by atoms with Crippen molar-refractivity contribution in [1.82, 2.24) is 0 Å². The molecule has 0 aromatic rings. The highest BCUT2D eigenvalue weighted by atomic mass is 16.5. The van der Waals surface area contributed by atoms with Crippen LogP contribution in [0.5, 0.6) is 0 Å². The molecule has 3 nitrogen and oxygen atoms in total. The van der Waals surface area contributed by atoms with Gasteiger partial charge in [-0.05, 0) is 12.3 Å². The van der Waals surface area contributed by atoms with Crippen LogP contribution < -0.4 is 0 Å². The minimum Gasteiger partial charge on any atom is -0.469 e. The van der Waals surface area contributed by atoms with E-state index in [0.717, 1.165) is 12.8 Å². The fourth-order valence-electron chi connectivity index (χ4n) is 2.08. The molecule has 0 aliphatic rings. The van der Waals surface area contributed by atoms with Crippen molar-refractivity contribution < 1.29 is 14.6 Å². The Hall–Kier alpha value is -0.570. The largest absolute Gasteiger partial charge is 0.469 e. The molecular weight excluding hydrogens is 228 g/mol. The maximum Gasteiger partial charge on any atom is 0.305 e. The molecule has 18 heavy (non-hydrogen) atoms. The van der Waals surface area contributed by atoms with Gasteiger partial charge in [0, 0.05) is 0 Å². The van der Waals surface area contributed by atoms with Crippen LogP contribution in [0.25, 0.3) is 0 Å². The van der Waals surface area contributed by atoms with E-state index in [4.69, 9.17) is 0 Å². The van der Waals surface area contributed by atoms with Crippen molar-refractivity contribution in [2.75, 3.05) is 7.11 Å². The van der Waals surface area contributed by atoms with E-state index in [1.54, 1.807) is 0 Å². The van der Waals surface area contributed by atoms with Gasteiger partial charge in [0.25, 0.3) is 0 Å². The topological polar surface area (TPSA) is 46.5 Å². The summed E-state index contributed by atoms with van der Waals surface area (Å²) in [5.41, 5.74) is 0. The van der Waals surface area contributed by atoms with Gasteiger partial charge >= 0.3 is 5.97 Å². The lowest BCUT2D eigenvalue weighted by atomic mass is 9.96. The number of ether oxygens (including phenoxy) is 1. The normalized spacial score (nSPS) is 14.2. The standard InChI is InChI=1S/C15H30O3/c1-4-5-6-7-8-9-10-11-14(16)13(2)12-15(17)18-3/h13-14,16H,4-12H2,1-3H3. The second-order valence-electron chi connectivity index (χ2n) is 5.23. The van der Waals surface area contributed by atoms with Crippen molar-refractivity contribution in [1.29, 1.82) is 0 Å². The van der Waals surface area contributed by atoms with Gasteiger partial charge in [0.2, 0.25) is 0 Å². The predicted octanol–water partition coefficient (Wildman–Crippen LogP) is 3.69. The second-order valence-corrected chi connectivity index (χ2v) is 5.23. The fourth-order valence-corrected chi connectivity index (χ4v) is 2.08. The molecule has 0 rings (SSSR count). The van der Waals surface area contributed by atoms with Crippen LogP contribution in [0.4, 0.5) is 0 Å². The summed E-state index contributed by atoms with van der Waals surface area (Å²) in [7, 11) is 1.39. The number of esters is 1. The van der Waals surface area contributed by atoms with E-state index in [-0.39, 0.29) is 18.0 Å².